The fraction of sp³-hybridized carbons (Fsp3) is 0.364. The molecule has 0 aliphatic carbocycles. The second-order valence-corrected chi connectivity index (χ2v) is 6.43. The van der Waals surface area contributed by atoms with Crippen LogP contribution in [0.5, 0.6) is 0 Å². The first kappa shape index (κ1) is 14.2. The zero-order chi connectivity index (χ0) is 12.3. The first-order valence-corrected chi connectivity index (χ1v) is 7.40. The molecule has 16 heavy (non-hydrogen) atoms. The maximum Gasteiger partial charge on any atom is 0.252 e. The average Bonchev–Trinajstić information content (AvgIpc) is 2.16. The van der Waals surface area contributed by atoms with E-state index in [1.165, 1.54) is 0 Å². The Morgan fingerprint density at radius 1 is 1.38 bits per heavy atom. The Labute approximate surface area is 121 Å². The molecular weight excluding hydrogens is 402 g/mol. The largest absolute Gasteiger partial charge is 0.346 e. The molecule has 0 bridgehead atoms. The lowest BCUT2D eigenvalue weighted by atomic mass is 10.1. The quantitative estimate of drug-likeness (QED) is 0.742. The maximum absolute atomic E-state index is 12.0. The summed E-state index contributed by atoms with van der Waals surface area (Å²) in [6, 6.07) is 5.49. The molecule has 0 unspecified atom stereocenters. The van der Waals surface area contributed by atoms with Gasteiger partial charge in [-0.3, -0.25) is 4.79 Å². The van der Waals surface area contributed by atoms with Crippen molar-refractivity contribution in [2.45, 2.75) is 19.4 Å². The molecule has 0 saturated heterocycles. The van der Waals surface area contributed by atoms with Crippen molar-refractivity contribution in [1.29, 1.82) is 0 Å². The van der Waals surface area contributed by atoms with Crippen molar-refractivity contribution < 1.29 is 4.79 Å². The van der Waals surface area contributed by atoms with E-state index in [4.69, 9.17) is 0 Å². The predicted octanol–water partition coefficient (Wildman–Crippen LogP) is 4.11. The van der Waals surface area contributed by atoms with Crippen molar-refractivity contribution in [2.75, 3.05) is 5.33 Å². The monoisotopic (exact) mass is 411 g/mol. The number of hydrogen-bond donors (Lipinski definition) is 1. The van der Waals surface area contributed by atoms with E-state index in [-0.39, 0.29) is 11.4 Å². The third-order valence-corrected chi connectivity index (χ3v) is 4.51. The van der Waals surface area contributed by atoms with Crippen molar-refractivity contribution in [3.8, 4) is 0 Å². The summed E-state index contributed by atoms with van der Waals surface area (Å²) in [7, 11) is 0. The highest BCUT2D eigenvalue weighted by Crippen LogP contribution is 2.22. The van der Waals surface area contributed by atoms with Crippen molar-refractivity contribution in [3.63, 3.8) is 0 Å². The second-order valence-electron chi connectivity index (χ2n) is 4.10. The van der Waals surface area contributed by atoms with Crippen molar-refractivity contribution >= 4 is 53.7 Å². The Hall–Kier alpha value is 0.130. The van der Waals surface area contributed by atoms with Crippen LogP contribution in [-0.2, 0) is 0 Å². The fourth-order valence-corrected chi connectivity index (χ4v) is 2.45. The molecular formula is C11H12Br3NO. The van der Waals surface area contributed by atoms with E-state index in [0.717, 1.165) is 8.95 Å². The molecule has 1 aromatic rings. The Bertz CT molecular complexity index is 404. The van der Waals surface area contributed by atoms with Gasteiger partial charge in [-0.15, -0.1) is 0 Å². The Morgan fingerprint density at radius 2 is 2.00 bits per heavy atom. The molecule has 0 heterocycles. The third kappa shape index (κ3) is 3.86. The number of halogens is 3. The highest BCUT2D eigenvalue weighted by molar-refractivity contribution is 9.11. The van der Waals surface area contributed by atoms with Gasteiger partial charge in [0.1, 0.15) is 0 Å². The van der Waals surface area contributed by atoms with E-state index in [1.807, 2.05) is 26.0 Å². The van der Waals surface area contributed by atoms with Gasteiger partial charge >= 0.3 is 0 Å². The van der Waals surface area contributed by atoms with E-state index in [2.05, 4.69) is 53.1 Å². The molecule has 5 heteroatoms. The standard InChI is InChI=1S/C11H12Br3NO/c1-11(2,6-12)15-10(16)8-4-3-7(13)5-9(8)14/h3-5H,6H2,1-2H3,(H,15,16). The molecule has 0 aliphatic rings. The molecule has 0 radical (unpaired) electrons. The number of amides is 1. The Morgan fingerprint density at radius 3 is 2.50 bits per heavy atom. The summed E-state index contributed by atoms with van der Waals surface area (Å²) in [5, 5.41) is 3.66. The lowest BCUT2D eigenvalue weighted by Crippen LogP contribution is -2.44. The number of carbonyl (C=O) groups excluding carboxylic acids is 1. The van der Waals surface area contributed by atoms with Crippen LogP contribution in [0.25, 0.3) is 0 Å². The van der Waals surface area contributed by atoms with Gasteiger partial charge in [-0.2, -0.15) is 0 Å². The zero-order valence-electron chi connectivity index (χ0n) is 8.98. The summed E-state index contributed by atoms with van der Waals surface area (Å²) in [4.78, 5) is 12.0. The number of rotatable bonds is 3. The summed E-state index contributed by atoms with van der Waals surface area (Å²) < 4.78 is 1.72. The summed E-state index contributed by atoms with van der Waals surface area (Å²) >= 11 is 10.1. The van der Waals surface area contributed by atoms with Crippen LogP contribution in [0, 0.1) is 0 Å². The van der Waals surface area contributed by atoms with Gasteiger partial charge in [0.15, 0.2) is 0 Å². The van der Waals surface area contributed by atoms with Gasteiger partial charge in [0, 0.05) is 19.8 Å². The molecule has 2 nitrogen and oxygen atoms in total. The second kappa shape index (κ2) is 5.65. The Kier molecular flexibility index (Phi) is 5.01. The minimum Gasteiger partial charge on any atom is -0.346 e. The van der Waals surface area contributed by atoms with Crippen LogP contribution in [0.1, 0.15) is 24.2 Å². The lowest BCUT2D eigenvalue weighted by Gasteiger charge is -2.23. The highest BCUT2D eigenvalue weighted by Gasteiger charge is 2.20. The van der Waals surface area contributed by atoms with Crippen molar-refractivity contribution in [2.24, 2.45) is 0 Å². The number of benzene rings is 1. The SMILES string of the molecule is CC(C)(CBr)NC(=O)c1ccc(Br)cc1Br. The van der Waals surface area contributed by atoms with E-state index in [1.54, 1.807) is 6.07 Å². The van der Waals surface area contributed by atoms with Crippen molar-refractivity contribution in [1.82, 2.24) is 5.32 Å². The number of hydrogen-bond acceptors (Lipinski definition) is 1. The van der Waals surface area contributed by atoms with Gasteiger partial charge in [-0.25, -0.2) is 0 Å². The molecule has 88 valence electrons. The van der Waals surface area contributed by atoms with E-state index in [9.17, 15) is 4.79 Å². The molecule has 1 N–H and O–H groups in total. The molecule has 0 aromatic heterocycles. The molecule has 0 atom stereocenters. The van der Waals surface area contributed by atoms with E-state index in [0.29, 0.717) is 10.9 Å². The molecule has 1 amide bonds. The third-order valence-electron chi connectivity index (χ3n) is 1.96. The van der Waals surface area contributed by atoms with Gasteiger partial charge in [0.25, 0.3) is 5.91 Å². The maximum atomic E-state index is 12.0. The minimum atomic E-state index is -0.260. The fourth-order valence-electron chi connectivity index (χ4n) is 1.08. The lowest BCUT2D eigenvalue weighted by molar-refractivity contribution is 0.0920. The number of carbonyl (C=O) groups is 1. The van der Waals surface area contributed by atoms with Crippen LogP contribution in [0.3, 0.4) is 0 Å². The number of alkyl halides is 1. The van der Waals surface area contributed by atoms with E-state index >= 15 is 0 Å². The van der Waals surface area contributed by atoms with Gasteiger partial charge in [0.05, 0.1) is 5.56 Å². The number of nitrogens with one attached hydrogen (secondary N) is 1. The minimum absolute atomic E-state index is 0.0798. The van der Waals surface area contributed by atoms with Crippen molar-refractivity contribution in [3.05, 3.63) is 32.7 Å². The molecule has 0 spiro atoms. The van der Waals surface area contributed by atoms with Crippen LogP contribution in [-0.4, -0.2) is 16.8 Å². The summed E-state index contributed by atoms with van der Waals surface area (Å²) in [5.41, 5.74) is 0.376. The van der Waals surface area contributed by atoms with Crippen LogP contribution >= 0.6 is 47.8 Å². The van der Waals surface area contributed by atoms with Crippen LogP contribution in [0.2, 0.25) is 0 Å². The van der Waals surface area contributed by atoms with Gasteiger partial charge in [-0.1, -0.05) is 31.9 Å². The predicted molar refractivity (Wildman–Crippen MR) is 77.2 cm³/mol. The molecule has 0 fully saturated rings. The van der Waals surface area contributed by atoms with Gasteiger partial charge in [-0.05, 0) is 48.0 Å². The molecule has 1 aromatic carbocycles. The normalized spacial score (nSPS) is 11.3. The van der Waals surface area contributed by atoms with Gasteiger partial charge in [0.2, 0.25) is 0 Å². The Balaban J connectivity index is 2.89. The summed E-state index contributed by atoms with van der Waals surface area (Å²) in [5.74, 6) is -0.0798. The first-order valence-electron chi connectivity index (χ1n) is 4.69. The van der Waals surface area contributed by atoms with Gasteiger partial charge < -0.3 is 5.32 Å². The van der Waals surface area contributed by atoms with E-state index < -0.39 is 0 Å². The zero-order valence-corrected chi connectivity index (χ0v) is 13.7. The first-order chi connectivity index (χ1) is 7.35. The summed E-state index contributed by atoms with van der Waals surface area (Å²) in [6.45, 7) is 3.93. The topological polar surface area (TPSA) is 29.1 Å². The van der Waals surface area contributed by atoms with Crippen LogP contribution < -0.4 is 5.32 Å². The smallest absolute Gasteiger partial charge is 0.252 e. The average molecular weight is 414 g/mol. The highest BCUT2D eigenvalue weighted by atomic mass is 79.9. The summed E-state index contributed by atoms with van der Waals surface area (Å²) in [6.07, 6.45) is 0. The molecule has 0 saturated carbocycles. The van der Waals surface area contributed by atoms with Crippen LogP contribution in [0.4, 0.5) is 0 Å². The molecule has 0 aliphatic heterocycles. The van der Waals surface area contributed by atoms with Crippen LogP contribution in [0.15, 0.2) is 27.1 Å². The molecule has 1 rings (SSSR count).